The van der Waals surface area contributed by atoms with E-state index in [4.69, 9.17) is 9.47 Å². The Hall–Kier alpha value is -2.07. The molecule has 2 aromatic carbocycles. The first-order valence-corrected chi connectivity index (χ1v) is 6.90. The molecule has 0 aliphatic carbocycles. The maximum Gasteiger partial charge on any atom is 0.231 e. The molecule has 2 aromatic rings. The molecule has 1 aliphatic heterocycles. The van der Waals surface area contributed by atoms with E-state index in [-0.39, 0.29) is 12.6 Å². The molecule has 1 aliphatic rings. The van der Waals surface area contributed by atoms with Gasteiger partial charge in [-0.05, 0) is 30.4 Å². The Labute approximate surface area is 125 Å². The zero-order valence-corrected chi connectivity index (χ0v) is 12.1. The first kappa shape index (κ1) is 12.9. The van der Waals surface area contributed by atoms with Gasteiger partial charge in [0.05, 0.1) is 0 Å². The lowest BCUT2D eigenvalue weighted by Crippen LogP contribution is -1.94. The first-order valence-electron chi connectivity index (χ1n) is 6.10. The number of hydrogen-bond acceptors (Lipinski definition) is 3. The fourth-order valence-electron chi connectivity index (χ4n) is 1.99. The van der Waals surface area contributed by atoms with E-state index >= 15 is 0 Å². The van der Waals surface area contributed by atoms with Gasteiger partial charge in [0.25, 0.3) is 0 Å². The van der Waals surface area contributed by atoms with Crippen molar-refractivity contribution in [2.75, 3.05) is 6.79 Å². The lowest BCUT2D eigenvalue weighted by atomic mass is 10.1. The molecule has 0 aromatic heterocycles. The van der Waals surface area contributed by atoms with Crippen LogP contribution in [-0.4, -0.2) is 12.6 Å². The average Bonchev–Trinajstić information content (AvgIpc) is 2.93. The number of para-hydroxylation sites is 1. The van der Waals surface area contributed by atoms with Gasteiger partial charge in [-0.1, -0.05) is 40.2 Å². The van der Waals surface area contributed by atoms with Gasteiger partial charge in [0.2, 0.25) is 6.79 Å². The van der Waals surface area contributed by atoms with Crippen molar-refractivity contribution in [2.24, 2.45) is 0 Å². The molecule has 3 nitrogen and oxygen atoms in total. The van der Waals surface area contributed by atoms with E-state index in [0.29, 0.717) is 17.1 Å². The minimum Gasteiger partial charge on any atom is -0.454 e. The Balaban J connectivity index is 1.84. The van der Waals surface area contributed by atoms with Gasteiger partial charge in [-0.2, -0.15) is 0 Å². The third-order valence-electron chi connectivity index (χ3n) is 2.95. The van der Waals surface area contributed by atoms with Gasteiger partial charge in [-0.15, -0.1) is 0 Å². The van der Waals surface area contributed by atoms with E-state index in [9.17, 15) is 4.79 Å². The van der Waals surface area contributed by atoms with Gasteiger partial charge >= 0.3 is 0 Å². The predicted molar refractivity (Wildman–Crippen MR) is 80.1 cm³/mol. The summed E-state index contributed by atoms with van der Waals surface area (Å²) >= 11 is 3.35. The van der Waals surface area contributed by atoms with Crippen LogP contribution in [-0.2, 0) is 0 Å². The van der Waals surface area contributed by atoms with Crippen LogP contribution in [0.3, 0.4) is 0 Å². The maximum atomic E-state index is 12.1. The van der Waals surface area contributed by atoms with Crippen molar-refractivity contribution >= 4 is 27.8 Å². The molecule has 0 fully saturated rings. The molecular formula is C16H11BrO3. The SMILES string of the molecule is O=C(/C=C/c1cccc2c1OCO2)c1cccc(Br)c1. The number of ketones is 1. The standard InChI is InChI=1S/C16H11BrO3/c17-13-5-1-4-12(9-13)14(18)8-7-11-3-2-6-15-16(11)20-10-19-15/h1-9H,10H2/b8-7+. The van der Waals surface area contributed by atoms with Crippen LogP contribution >= 0.6 is 15.9 Å². The summed E-state index contributed by atoms with van der Waals surface area (Å²) < 4.78 is 11.6. The molecule has 0 spiro atoms. The minimum atomic E-state index is -0.0529. The van der Waals surface area contributed by atoms with Crippen molar-refractivity contribution in [1.82, 2.24) is 0 Å². The Bertz CT molecular complexity index is 692. The summed E-state index contributed by atoms with van der Waals surface area (Å²) in [5.74, 6) is 1.34. The summed E-state index contributed by atoms with van der Waals surface area (Å²) in [4.78, 5) is 12.1. The molecule has 0 radical (unpaired) electrons. The summed E-state index contributed by atoms with van der Waals surface area (Å²) in [6.07, 6.45) is 3.29. The Morgan fingerprint density at radius 2 is 2.00 bits per heavy atom. The van der Waals surface area contributed by atoms with Gasteiger partial charge in [-0.3, -0.25) is 4.79 Å². The van der Waals surface area contributed by atoms with Crippen LogP contribution in [0.2, 0.25) is 0 Å². The van der Waals surface area contributed by atoms with Crippen LogP contribution in [0.4, 0.5) is 0 Å². The maximum absolute atomic E-state index is 12.1. The molecule has 0 bridgehead atoms. The summed E-state index contributed by atoms with van der Waals surface area (Å²) in [7, 11) is 0. The molecule has 0 atom stereocenters. The van der Waals surface area contributed by atoms with Gasteiger partial charge in [-0.25, -0.2) is 0 Å². The second-order valence-electron chi connectivity index (χ2n) is 4.29. The normalized spacial score (nSPS) is 12.8. The molecule has 4 heteroatoms. The number of ether oxygens (including phenoxy) is 2. The van der Waals surface area contributed by atoms with Gasteiger partial charge < -0.3 is 9.47 Å². The Morgan fingerprint density at radius 1 is 1.15 bits per heavy atom. The van der Waals surface area contributed by atoms with Crippen molar-refractivity contribution in [3.63, 3.8) is 0 Å². The van der Waals surface area contributed by atoms with Crippen LogP contribution < -0.4 is 9.47 Å². The van der Waals surface area contributed by atoms with E-state index in [2.05, 4.69) is 15.9 Å². The summed E-state index contributed by atoms with van der Waals surface area (Å²) in [6.45, 7) is 0.222. The number of carbonyl (C=O) groups excluding carboxylic acids is 1. The van der Waals surface area contributed by atoms with Crippen LogP contribution in [0.15, 0.2) is 53.0 Å². The van der Waals surface area contributed by atoms with Crippen LogP contribution in [0.5, 0.6) is 11.5 Å². The third-order valence-corrected chi connectivity index (χ3v) is 3.44. The van der Waals surface area contributed by atoms with Gasteiger partial charge in [0, 0.05) is 15.6 Å². The highest BCUT2D eigenvalue weighted by molar-refractivity contribution is 9.10. The number of allylic oxidation sites excluding steroid dienone is 1. The second-order valence-corrected chi connectivity index (χ2v) is 5.20. The molecule has 0 unspecified atom stereocenters. The van der Waals surface area contributed by atoms with Crippen molar-refractivity contribution in [2.45, 2.75) is 0 Å². The van der Waals surface area contributed by atoms with E-state index in [1.807, 2.05) is 30.3 Å². The summed E-state index contributed by atoms with van der Waals surface area (Å²) in [5, 5.41) is 0. The molecular weight excluding hydrogens is 320 g/mol. The second kappa shape index (κ2) is 5.51. The first-order chi connectivity index (χ1) is 9.74. The molecule has 1 heterocycles. The average molecular weight is 331 g/mol. The van der Waals surface area contributed by atoms with Gasteiger partial charge in [0.1, 0.15) is 0 Å². The van der Waals surface area contributed by atoms with Gasteiger partial charge in [0.15, 0.2) is 17.3 Å². The molecule has 0 saturated carbocycles. The zero-order chi connectivity index (χ0) is 13.9. The van der Waals surface area contributed by atoms with Crippen molar-refractivity contribution in [3.8, 4) is 11.5 Å². The third kappa shape index (κ3) is 2.60. The molecule has 20 heavy (non-hydrogen) atoms. The highest BCUT2D eigenvalue weighted by Crippen LogP contribution is 2.35. The lowest BCUT2D eigenvalue weighted by Gasteiger charge is -2.00. The molecule has 0 amide bonds. The quantitative estimate of drug-likeness (QED) is 0.628. The molecule has 0 saturated heterocycles. The fraction of sp³-hybridized carbons (Fsp3) is 0.0625. The minimum absolute atomic E-state index is 0.0529. The van der Waals surface area contributed by atoms with Crippen molar-refractivity contribution in [3.05, 3.63) is 64.1 Å². The number of benzene rings is 2. The van der Waals surface area contributed by atoms with E-state index in [0.717, 1.165) is 10.0 Å². The lowest BCUT2D eigenvalue weighted by molar-refractivity contribution is 0.104. The highest BCUT2D eigenvalue weighted by atomic mass is 79.9. The van der Waals surface area contributed by atoms with Crippen LogP contribution in [0.25, 0.3) is 6.08 Å². The highest BCUT2D eigenvalue weighted by Gasteiger charge is 2.15. The smallest absolute Gasteiger partial charge is 0.231 e. The van der Waals surface area contributed by atoms with E-state index in [1.54, 1.807) is 24.3 Å². The molecule has 3 rings (SSSR count). The van der Waals surface area contributed by atoms with Crippen LogP contribution in [0, 0.1) is 0 Å². The van der Waals surface area contributed by atoms with Crippen molar-refractivity contribution < 1.29 is 14.3 Å². The zero-order valence-electron chi connectivity index (χ0n) is 10.5. The van der Waals surface area contributed by atoms with E-state index in [1.165, 1.54) is 0 Å². The fourth-order valence-corrected chi connectivity index (χ4v) is 2.39. The van der Waals surface area contributed by atoms with E-state index < -0.39 is 0 Å². The predicted octanol–water partition coefficient (Wildman–Crippen LogP) is 4.07. The number of fused-ring (bicyclic) bond motifs is 1. The molecule has 0 N–H and O–H groups in total. The number of carbonyl (C=O) groups is 1. The Morgan fingerprint density at radius 3 is 2.85 bits per heavy atom. The largest absolute Gasteiger partial charge is 0.454 e. The number of halogens is 1. The summed E-state index contributed by atoms with van der Waals surface area (Å²) in [6, 6.07) is 12.9. The summed E-state index contributed by atoms with van der Waals surface area (Å²) in [5.41, 5.74) is 1.48. The molecule has 100 valence electrons. The topological polar surface area (TPSA) is 35.5 Å². The van der Waals surface area contributed by atoms with Crippen molar-refractivity contribution in [1.29, 1.82) is 0 Å². The Kier molecular flexibility index (Phi) is 3.56. The number of hydrogen-bond donors (Lipinski definition) is 0. The number of rotatable bonds is 3. The van der Waals surface area contributed by atoms with Crippen LogP contribution in [0.1, 0.15) is 15.9 Å². The monoisotopic (exact) mass is 330 g/mol.